The number of carbonyl (C=O) groups is 2. The molecule has 0 radical (unpaired) electrons. The highest BCUT2D eigenvalue weighted by atomic mass is 32.2. The number of halogens is 3. The molecule has 2 aromatic rings. The van der Waals surface area contributed by atoms with Crippen molar-refractivity contribution >= 4 is 22.1 Å². The topological polar surface area (TPSA) is 114 Å². The number of hydrogen-bond donors (Lipinski definition) is 0. The molecule has 0 amide bonds. The van der Waals surface area contributed by atoms with Crippen LogP contribution < -0.4 is 0 Å². The smallest absolute Gasteiger partial charge is 0.452 e. The normalized spacial score (nSPS) is 22.4. The Balaban J connectivity index is 1.98. The number of ether oxygens (including phenoxy) is 4. The first-order chi connectivity index (χ1) is 17.0. The van der Waals surface area contributed by atoms with Gasteiger partial charge in [-0.25, -0.2) is 9.59 Å². The highest BCUT2D eigenvalue weighted by molar-refractivity contribution is 7.87. The summed E-state index contributed by atoms with van der Waals surface area (Å²) in [5.74, 6) is -2.00. The molecular weight excluding hydrogens is 509 g/mol. The van der Waals surface area contributed by atoms with Crippen LogP contribution in [0.15, 0.2) is 73.3 Å². The van der Waals surface area contributed by atoms with E-state index in [1.165, 1.54) is 54.6 Å². The lowest BCUT2D eigenvalue weighted by Gasteiger charge is -2.40. The summed E-state index contributed by atoms with van der Waals surface area (Å²) in [5.41, 5.74) is -5.72. The third kappa shape index (κ3) is 6.69. The predicted octanol–water partition coefficient (Wildman–Crippen LogP) is 3.23. The second-order valence-corrected chi connectivity index (χ2v) is 8.89. The van der Waals surface area contributed by atoms with Crippen LogP contribution in [0.2, 0.25) is 0 Å². The summed E-state index contributed by atoms with van der Waals surface area (Å²) in [5, 5.41) is 0. The number of hydrogen-bond acceptors (Lipinski definition) is 9. The van der Waals surface area contributed by atoms with Crippen LogP contribution in [0.4, 0.5) is 13.2 Å². The Morgan fingerprint density at radius 2 is 1.44 bits per heavy atom. The lowest BCUT2D eigenvalue weighted by molar-refractivity contribution is -0.262. The molecule has 1 saturated heterocycles. The van der Waals surface area contributed by atoms with E-state index < -0.39 is 58.8 Å². The Labute approximate surface area is 204 Å². The second-order valence-electron chi connectivity index (χ2n) is 7.33. The fraction of sp³-hybridized carbons (Fsp3) is 0.304. The zero-order chi connectivity index (χ0) is 26.3. The molecule has 0 aliphatic carbocycles. The summed E-state index contributed by atoms with van der Waals surface area (Å²) >= 11 is 0. The standard InChI is InChI=1S/C23H21F3O9S/c1-2-13-31-22-19(34-21(28)16-11-7-4-8-12-16)18(33-20(27)15-9-5-3-6-10-15)17(14-32-22)35-36(29,30)23(24,25)26/h2-12,17-19,22H,1,13-14H2/t17-,18?,19?,22-/m1/s1. The van der Waals surface area contributed by atoms with Crippen LogP contribution in [0.1, 0.15) is 20.7 Å². The molecule has 0 N–H and O–H groups in total. The van der Waals surface area contributed by atoms with Crippen LogP contribution in [0, 0.1) is 0 Å². The molecule has 9 nitrogen and oxygen atoms in total. The maximum absolute atomic E-state index is 13.0. The van der Waals surface area contributed by atoms with Crippen LogP contribution in [0.3, 0.4) is 0 Å². The van der Waals surface area contributed by atoms with Gasteiger partial charge in [-0.05, 0) is 24.3 Å². The minimum Gasteiger partial charge on any atom is -0.452 e. The Morgan fingerprint density at radius 3 is 1.92 bits per heavy atom. The zero-order valence-corrected chi connectivity index (χ0v) is 19.3. The quantitative estimate of drug-likeness (QED) is 0.209. The lowest BCUT2D eigenvalue weighted by atomic mass is 10.0. The Morgan fingerprint density at radius 1 is 0.944 bits per heavy atom. The van der Waals surface area contributed by atoms with E-state index in [4.69, 9.17) is 18.9 Å². The SMILES string of the molecule is C=CCO[C@@H]1OC[C@@H](OS(=O)(=O)C(F)(F)F)C(OC(=O)c2ccccc2)C1OC(=O)c1ccccc1. The molecule has 194 valence electrons. The van der Waals surface area contributed by atoms with Gasteiger partial charge in [-0.15, -0.1) is 6.58 Å². The van der Waals surface area contributed by atoms with Gasteiger partial charge in [-0.2, -0.15) is 21.6 Å². The maximum Gasteiger partial charge on any atom is 0.523 e. The Kier molecular flexibility index (Phi) is 8.84. The van der Waals surface area contributed by atoms with Crippen molar-refractivity contribution in [1.82, 2.24) is 0 Å². The van der Waals surface area contributed by atoms with Crippen LogP contribution in [0.5, 0.6) is 0 Å². The van der Waals surface area contributed by atoms with E-state index in [9.17, 15) is 31.2 Å². The monoisotopic (exact) mass is 530 g/mol. The summed E-state index contributed by atoms with van der Waals surface area (Å²) in [7, 11) is -6.14. The van der Waals surface area contributed by atoms with Gasteiger partial charge in [-0.1, -0.05) is 42.5 Å². The average molecular weight is 530 g/mol. The highest BCUT2D eigenvalue weighted by Gasteiger charge is 2.54. The minimum atomic E-state index is -6.14. The Bertz CT molecular complexity index is 1150. The van der Waals surface area contributed by atoms with Crippen molar-refractivity contribution in [2.45, 2.75) is 30.1 Å². The van der Waals surface area contributed by atoms with Gasteiger partial charge in [0.2, 0.25) is 0 Å². The third-order valence-corrected chi connectivity index (χ3v) is 5.87. The van der Waals surface area contributed by atoms with Crippen LogP contribution in [-0.4, -0.2) is 63.7 Å². The van der Waals surface area contributed by atoms with Gasteiger partial charge >= 0.3 is 27.6 Å². The van der Waals surface area contributed by atoms with Crippen molar-refractivity contribution in [1.29, 1.82) is 0 Å². The molecule has 1 aliphatic rings. The first kappa shape index (κ1) is 27.3. The molecule has 4 atom stereocenters. The summed E-state index contributed by atoms with van der Waals surface area (Å²) in [6, 6.07) is 14.8. The molecule has 2 aromatic carbocycles. The average Bonchev–Trinajstić information content (AvgIpc) is 2.85. The molecule has 0 aromatic heterocycles. The summed E-state index contributed by atoms with van der Waals surface area (Å²) in [6.07, 6.45) is -5.75. The van der Waals surface area contributed by atoms with Crippen LogP contribution in [-0.2, 0) is 33.2 Å². The fourth-order valence-corrected chi connectivity index (χ4v) is 3.75. The molecule has 0 spiro atoms. The summed E-state index contributed by atoms with van der Waals surface area (Å²) < 4.78 is 88.4. The fourth-order valence-electron chi connectivity index (χ4n) is 3.15. The maximum atomic E-state index is 13.0. The van der Waals surface area contributed by atoms with Crippen LogP contribution >= 0.6 is 0 Å². The van der Waals surface area contributed by atoms with E-state index in [1.807, 2.05) is 0 Å². The van der Waals surface area contributed by atoms with Gasteiger partial charge in [-0.3, -0.25) is 4.18 Å². The first-order valence-electron chi connectivity index (χ1n) is 10.4. The number of rotatable bonds is 9. The number of alkyl halides is 3. The summed E-state index contributed by atoms with van der Waals surface area (Å²) in [4.78, 5) is 25.5. The van der Waals surface area contributed by atoms with Gasteiger partial charge in [0, 0.05) is 0 Å². The van der Waals surface area contributed by atoms with Gasteiger partial charge in [0.25, 0.3) is 0 Å². The van der Waals surface area contributed by atoms with Gasteiger partial charge in [0.1, 0.15) is 6.10 Å². The van der Waals surface area contributed by atoms with E-state index >= 15 is 0 Å². The highest BCUT2D eigenvalue weighted by Crippen LogP contribution is 2.32. The summed E-state index contributed by atoms with van der Waals surface area (Å²) in [6.45, 7) is 2.53. The van der Waals surface area contributed by atoms with Crippen molar-refractivity contribution in [2.24, 2.45) is 0 Å². The number of benzene rings is 2. The van der Waals surface area contributed by atoms with Crippen LogP contribution in [0.25, 0.3) is 0 Å². The minimum absolute atomic E-state index is 0.00174. The second kappa shape index (κ2) is 11.6. The van der Waals surface area contributed by atoms with E-state index in [1.54, 1.807) is 12.1 Å². The van der Waals surface area contributed by atoms with Gasteiger partial charge in [0.15, 0.2) is 18.5 Å². The van der Waals surface area contributed by atoms with Crippen molar-refractivity contribution in [3.8, 4) is 0 Å². The zero-order valence-electron chi connectivity index (χ0n) is 18.5. The van der Waals surface area contributed by atoms with Crippen molar-refractivity contribution in [2.75, 3.05) is 13.2 Å². The molecule has 0 saturated carbocycles. The molecule has 1 fully saturated rings. The third-order valence-electron chi connectivity index (χ3n) is 4.80. The van der Waals surface area contributed by atoms with E-state index in [2.05, 4.69) is 10.8 Å². The van der Waals surface area contributed by atoms with Crippen molar-refractivity contribution in [3.05, 3.63) is 84.4 Å². The molecule has 1 aliphatic heterocycles. The van der Waals surface area contributed by atoms with E-state index in [0.29, 0.717) is 0 Å². The largest absolute Gasteiger partial charge is 0.523 e. The van der Waals surface area contributed by atoms with Gasteiger partial charge in [0.05, 0.1) is 24.3 Å². The molecule has 3 rings (SSSR count). The molecule has 2 unspecified atom stereocenters. The molecule has 0 bridgehead atoms. The Hall–Kier alpha value is -3.26. The molecule has 13 heteroatoms. The number of esters is 2. The molecule has 36 heavy (non-hydrogen) atoms. The van der Waals surface area contributed by atoms with E-state index in [-0.39, 0.29) is 17.7 Å². The lowest BCUT2D eigenvalue weighted by Crippen LogP contribution is -2.58. The molecular formula is C23H21F3O9S. The first-order valence-corrected chi connectivity index (χ1v) is 11.8. The van der Waals surface area contributed by atoms with Gasteiger partial charge < -0.3 is 18.9 Å². The van der Waals surface area contributed by atoms with Crippen molar-refractivity contribution in [3.63, 3.8) is 0 Å². The van der Waals surface area contributed by atoms with E-state index in [0.717, 1.165) is 0 Å². The molecule has 1 heterocycles. The van der Waals surface area contributed by atoms with Crippen molar-refractivity contribution < 1.29 is 54.3 Å². The predicted molar refractivity (Wildman–Crippen MR) is 117 cm³/mol. The number of carbonyl (C=O) groups excluding carboxylic acids is 2.